The zero-order valence-corrected chi connectivity index (χ0v) is 25.7. The van der Waals surface area contributed by atoms with Crippen LogP contribution in [0.1, 0.15) is 66.7 Å². The van der Waals surface area contributed by atoms with Crippen molar-refractivity contribution in [1.82, 2.24) is 10.2 Å². The lowest BCUT2D eigenvalue weighted by molar-refractivity contribution is -0.202. The average Bonchev–Trinajstić information content (AvgIpc) is 3.40. The number of alkyl halides is 1. The molecule has 1 amide bonds. The molecule has 3 saturated carbocycles. The van der Waals surface area contributed by atoms with Gasteiger partial charge in [0.1, 0.15) is 6.17 Å². The average molecular weight is 591 g/mol. The number of allylic oxidation sites excluding steroid dienone is 4. The molecule has 9 nitrogen and oxygen atoms in total. The Balaban J connectivity index is 1.39. The van der Waals surface area contributed by atoms with Crippen molar-refractivity contribution in [2.75, 3.05) is 26.7 Å². The molecule has 1 saturated heterocycles. The molecule has 5 rings (SSSR count). The van der Waals surface area contributed by atoms with Crippen LogP contribution in [0.4, 0.5) is 9.18 Å². The third kappa shape index (κ3) is 4.86. The van der Waals surface area contributed by atoms with E-state index in [-0.39, 0.29) is 36.4 Å². The summed E-state index contributed by atoms with van der Waals surface area (Å²) in [7, 11) is 1.96. The molecule has 4 aliphatic carbocycles. The van der Waals surface area contributed by atoms with Gasteiger partial charge < -0.3 is 29.5 Å². The lowest BCUT2D eigenvalue weighted by Crippen LogP contribution is -2.64. The second-order valence-electron chi connectivity index (χ2n) is 13.7. The summed E-state index contributed by atoms with van der Waals surface area (Å²) in [6.07, 6.45) is 2.83. The summed E-state index contributed by atoms with van der Waals surface area (Å²) < 4.78 is 34.1. The van der Waals surface area contributed by atoms with Crippen LogP contribution in [0, 0.1) is 28.6 Å². The SMILES string of the molecule is CCCC1O[C@@H]2C[C@H]3[C@@H]4C[C@H](F)C5=CC(=O)C=C[C@]5(C)C4[C@@H](O)C[C@]3(C)[C@]2(C(=O)COC(=O)NCCN(C)C(C)C)O1. The van der Waals surface area contributed by atoms with Crippen molar-refractivity contribution >= 4 is 17.7 Å². The fraction of sp³-hybridized carbons (Fsp3) is 0.781. The van der Waals surface area contributed by atoms with Gasteiger partial charge in [-0.15, -0.1) is 0 Å². The van der Waals surface area contributed by atoms with Crippen LogP contribution >= 0.6 is 0 Å². The number of aliphatic hydroxyl groups is 1. The minimum absolute atomic E-state index is 0.156. The fourth-order valence-corrected chi connectivity index (χ4v) is 8.90. The first-order valence-electron chi connectivity index (χ1n) is 15.5. The van der Waals surface area contributed by atoms with Crippen molar-refractivity contribution in [2.45, 2.75) is 103 Å². The van der Waals surface area contributed by atoms with Crippen LogP contribution in [-0.2, 0) is 23.8 Å². The van der Waals surface area contributed by atoms with Crippen LogP contribution in [0.5, 0.6) is 0 Å². The molecule has 0 aromatic rings. The Bertz CT molecular complexity index is 1160. The van der Waals surface area contributed by atoms with E-state index < -0.39 is 59.6 Å². The first kappa shape index (κ1) is 31.3. The van der Waals surface area contributed by atoms with E-state index in [4.69, 9.17) is 14.2 Å². The monoisotopic (exact) mass is 590 g/mol. The summed E-state index contributed by atoms with van der Waals surface area (Å²) in [5.41, 5.74) is -2.67. The summed E-state index contributed by atoms with van der Waals surface area (Å²) in [6, 6.07) is 0.330. The van der Waals surface area contributed by atoms with Gasteiger partial charge in [-0.3, -0.25) is 9.59 Å². The number of fused-ring (bicyclic) bond motifs is 7. The highest BCUT2D eigenvalue weighted by molar-refractivity contribution is 6.01. The van der Waals surface area contributed by atoms with Gasteiger partial charge >= 0.3 is 6.09 Å². The number of ether oxygens (including phenoxy) is 3. The summed E-state index contributed by atoms with van der Waals surface area (Å²) >= 11 is 0. The quantitative estimate of drug-likeness (QED) is 0.418. The molecule has 42 heavy (non-hydrogen) atoms. The summed E-state index contributed by atoms with van der Waals surface area (Å²) in [6.45, 7) is 10.5. The van der Waals surface area contributed by atoms with E-state index in [0.29, 0.717) is 37.5 Å². The number of alkyl carbamates (subject to hydrolysis) is 1. The molecule has 0 spiro atoms. The van der Waals surface area contributed by atoms with Crippen molar-refractivity contribution in [3.8, 4) is 0 Å². The van der Waals surface area contributed by atoms with Crippen LogP contribution < -0.4 is 5.32 Å². The van der Waals surface area contributed by atoms with Gasteiger partial charge in [0, 0.05) is 35.9 Å². The number of nitrogens with one attached hydrogen (secondary N) is 1. The summed E-state index contributed by atoms with van der Waals surface area (Å²) in [5, 5.41) is 14.5. The number of Topliss-reactive ketones (excluding diaryl/α,β-unsaturated/α-hetero) is 1. The number of carbonyl (C=O) groups is 3. The summed E-state index contributed by atoms with van der Waals surface area (Å²) in [5.74, 6) is -1.38. The fourth-order valence-electron chi connectivity index (χ4n) is 8.90. The molecule has 2 N–H and O–H groups in total. The van der Waals surface area contributed by atoms with Gasteiger partial charge in [-0.1, -0.05) is 33.3 Å². The minimum atomic E-state index is -1.43. The molecule has 0 aromatic heterocycles. The zero-order chi connectivity index (χ0) is 30.6. The lowest BCUT2D eigenvalue weighted by atomic mass is 9.46. The normalized spacial score (nSPS) is 42.1. The predicted octanol–water partition coefficient (Wildman–Crippen LogP) is 3.74. The highest BCUT2D eigenvalue weighted by atomic mass is 19.1. The molecular weight excluding hydrogens is 543 g/mol. The third-order valence-corrected chi connectivity index (χ3v) is 11.2. The van der Waals surface area contributed by atoms with Gasteiger partial charge in [-0.25, -0.2) is 9.18 Å². The van der Waals surface area contributed by atoms with Crippen molar-refractivity contribution in [1.29, 1.82) is 0 Å². The maximum Gasteiger partial charge on any atom is 0.407 e. The lowest BCUT2D eigenvalue weighted by Gasteiger charge is -2.60. The van der Waals surface area contributed by atoms with E-state index >= 15 is 4.39 Å². The number of ketones is 2. The number of nitrogens with zero attached hydrogens (tertiary/aromatic N) is 1. The van der Waals surface area contributed by atoms with Gasteiger partial charge in [-0.05, 0) is 76.1 Å². The Morgan fingerprint density at radius 2 is 2.02 bits per heavy atom. The predicted molar refractivity (Wildman–Crippen MR) is 153 cm³/mol. The molecule has 10 atom stereocenters. The molecule has 0 bridgehead atoms. The first-order valence-corrected chi connectivity index (χ1v) is 15.5. The van der Waals surface area contributed by atoms with Gasteiger partial charge in [0.05, 0.1) is 12.2 Å². The number of hydrogen-bond acceptors (Lipinski definition) is 8. The smallest absolute Gasteiger partial charge is 0.407 e. The van der Waals surface area contributed by atoms with Crippen LogP contribution in [0.15, 0.2) is 23.8 Å². The van der Waals surface area contributed by atoms with E-state index in [1.165, 1.54) is 12.2 Å². The van der Waals surface area contributed by atoms with E-state index in [1.54, 1.807) is 6.08 Å². The van der Waals surface area contributed by atoms with Crippen LogP contribution in [0.3, 0.4) is 0 Å². The van der Waals surface area contributed by atoms with Crippen molar-refractivity contribution in [3.05, 3.63) is 23.8 Å². The molecule has 2 unspecified atom stereocenters. The number of aliphatic hydroxyl groups excluding tert-OH is 1. The summed E-state index contributed by atoms with van der Waals surface area (Å²) in [4.78, 5) is 40.9. The third-order valence-electron chi connectivity index (χ3n) is 11.2. The second kappa shape index (κ2) is 11.4. The highest BCUT2D eigenvalue weighted by Crippen LogP contribution is 2.70. The van der Waals surface area contributed by atoms with Crippen molar-refractivity contribution in [2.24, 2.45) is 28.6 Å². The number of carbonyl (C=O) groups excluding carboxylic acids is 3. The standard InChI is InChI=1S/C32H47FN2O7/c1-7-8-27-41-26-15-21-20-14-23(33)22-13-19(36)9-10-30(22,4)28(20)24(37)16-31(21,5)32(26,42-27)25(38)17-40-29(39)34-11-12-35(6)18(2)3/h9-10,13,18,20-21,23-24,26-28,37H,7-8,11-12,14-17H2,1-6H3,(H,34,39)/t20-,21-,23-,24-,26+,27?,28?,30-,31-,32+/m0/s1. The Hall–Kier alpha value is -2.14. The number of amides is 1. The van der Waals surface area contributed by atoms with Crippen molar-refractivity contribution in [3.63, 3.8) is 0 Å². The number of rotatable bonds is 9. The molecule has 1 heterocycles. The molecule has 10 heteroatoms. The zero-order valence-electron chi connectivity index (χ0n) is 25.7. The van der Waals surface area contributed by atoms with Crippen LogP contribution in [-0.4, -0.2) is 90.7 Å². The Labute approximate surface area is 248 Å². The Kier molecular flexibility index (Phi) is 8.50. The topological polar surface area (TPSA) is 114 Å². The minimum Gasteiger partial charge on any atom is -0.441 e. The van der Waals surface area contributed by atoms with Crippen LogP contribution in [0.2, 0.25) is 0 Å². The van der Waals surface area contributed by atoms with E-state index in [9.17, 15) is 19.5 Å². The Morgan fingerprint density at radius 1 is 1.29 bits per heavy atom. The number of likely N-dealkylation sites (N-methyl/N-ethyl adjacent to an activating group) is 1. The molecule has 1 aliphatic heterocycles. The van der Waals surface area contributed by atoms with Gasteiger partial charge in [-0.2, -0.15) is 0 Å². The molecule has 4 fully saturated rings. The maximum atomic E-state index is 15.8. The maximum absolute atomic E-state index is 15.8. The largest absolute Gasteiger partial charge is 0.441 e. The highest BCUT2D eigenvalue weighted by Gasteiger charge is 2.76. The molecule has 234 valence electrons. The first-order chi connectivity index (χ1) is 19.8. The van der Waals surface area contributed by atoms with Gasteiger partial charge in [0.2, 0.25) is 5.78 Å². The molecular formula is C32H47FN2O7. The molecule has 0 radical (unpaired) electrons. The van der Waals surface area contributed by atoms with E-state index in [1.807, 2.05) is 27.8 Å². The number of hydrogen-bond donors (Lipinski definition) is 2. The second-order valence-corrected chi connectivity index (χ2v) is 13.7. The van der Waals surface area contributed by atoms with Gasteiger partial charge in [0.25, 0.3) is 0 Å². The Morgan fingerprint density at radius 3 is 2.71 bits per heavy atom. The van der Waals surface area contributed by atoms with Gasteiger partial charge in [0.15, 0.2) is 24.3 Å². The van der Waals surface area contributed by atoms with Crippen molar-refractivity contribution < 1.29 is 38.1 Å². The van der Waals surface area contributed by atoms with E-state index in [2.05, 4.69) is 24.1 Å². The molecule has 5 aliphatic rings. The van der Waals surface area contributed by atoms with E-state index in [0.717, 1.165) is 6.42 Å². The van der Waals surface area contributed by atoms with Crippen LogP contribution in [0.25, 0.3) is 0 Å². The number of halogens is 1. The molecule has 0 aromatic carbocycles.